The first-order valence-electron chi connectivity index (χ1n) is 5.97. The van der Waals surface area contributed by atoms with E-state index in [0.29, 0.717) is 6.54 Å². The third-order valence-electron chi connectivity index (χ3n) is 2.77. The lowest BCUT2D eigenvalue weighted by molar-refractivity contribution is 0.209. The summed E-state index contributed by atoms with van der Waals surface area (Å²) >= 11 is 0. The number of hydrogen-bond acceptors (Lipinski definition) is 2. The van der Waals surface area contributed by atoms with Gasteiger partial charge >= 0.3 is 6.03 Å². The molecule has 94 valence electrons. The van der Waals surface area contributed by atoms with Crippen LogP contribution in [-0.2, 0) is 12.8 Å². The van der Waals surface area contributed by atoms with Crippen molar-refractivity contribution in [2.75, 3.05) is 13.6 Å². The molecule has 1 rings (SSSR count). The Bertz CT molecular complexity index is 348. The minimum atomic E-state index is -0.257. The summed E-state index contributed by atoms with van der Waals surface area (Å²) in [5, 5.41) is 0. The molecule has 0 radical (unpaired) electrons. The van der Waals surface area contributed by atoms with Crippen molar-refractivity contribution in [2.24, 2.45) is 5.84 Å². The number of benzene rings is 1. The molecule has 0 saturated heterocycles. The molecular weight excluding hydrogens is 214 g/mol. The summed E-state index contributed by atoms with van der Waals surface area (Å²) < 4.78 is 0. The normalized spacial score (nSPS) is 10.1. The van der Waals surface area contributed by atoms with Gasteiger partial charge < -0.3 is 4.90 Å². The third-order valence-corrected chi connectivity index (χ3v) is 2.77. The van der Waals surface area contributed by atoms with E-state index in [9.17, 15) is 4.79 Å². The zero-order valence-electron chi connectivity index (χ0n) is 10.6. The summed E-state index contributed by atoms with van der Waals surface area (Å²) in [6, 6.07) is 8.30. The molecule has 0 atom stereocenters. The monoisotopic (exact) mass is 235 g/mol. The molecule has 3 N–H and O–H groups in total. The molecule has 0 heterocycles. The second kappa shape index (κ2) is 6.91. The van der Waals surface area contributed by atoms with E-state index >= 15 is 0 Å². The van der Waals surface area contributed by atoms with Crippen LogP contribution in [0.3, 0.4) is 0 Å². The quantitative estimate of drug-likeness (QED) is 0.463. The Hall–Kier alpha value is -1.55. The first-order chi connectivity index (χ1) is 8.17. The van der Waals surface area contributed by atoms with E-state index in [1.807, 2.05) is 0 Å². The SMILES string of the molecule is CCCc1ccc(CCN(C)C(=O)NN)cc1. The van der Waals surface area contributed by atoms with Gasteiger partial charge in [0.1, 0.15) is 0 Å². The molecule has 0 fully saturated rings. The second-order valence-corrected chi connectivity index (χ2v) is 4.19. The van der Waals surface area contributed by atoms with Crippen LogP contribution in [0.25, 0.3) is 0 Å². The molecule has 1 aromatic rings. The van der Waals surface area contributed by atoms with Crippen molar-refractivity contribution < 1.29 is 4.79 Å². The molecular formula is C13H21N3O. The third kappa shape index (κ3) is 4.44. The number of urea groups is 1. The largest absolute Gasteiger partial charge is 0.331 e. The Morgan fingerprint density at radius 2 is 1.76 bits per heavy atom. The summed E-state index contributed by atoms with van der Waals surface area (Å²) in [7, 11) is 1.73. The van der Waals surface area contributed by atoms with Gasteiger partial charge in [0.15, 0.2) is 0 Å². The highest BCUT2D eigenvalue weighted by molar-refractivity contribution is 5.73. The molecule has 0 aromatic heterocycles. The number of carbonyl (C=O) groups is 1. The molecule has 0 aliphatic carbocycles. The molecule has 0 unspecified atom stereocenters. The number of amides is 2. The van der Waals surface area contributed by atoms with Gasteiger partial charge in [0, 0.05) is 13.6 Å². The smallest absolute Gasteiger partial charge is 0.326 e. The summed E-state index contributed by atoms with van der Waals surface area (Å²) in [5.74, 6) is 5.05. The van der Waals surface area contributed by atoms with Crippen LogP contribution in [0.1, 0.15) is 24.5 Å². The zero-order chi connectivity index (χ0) is 12.7. The lowest BCUT2D eigenvalue weighted by Crippen LogP contribution is -2.41. The van der Waals surface area contributed by atoms with Crippen LogP contribution in [0, 0.1) is 0 Å². The number of nitrogens with one attached hydrogen (secondary N) is 1. The van der Waals surface area contributed by atoms with Crippen molar-refractivity contribution in [3.8, 4) is 0 Å². The van der Waals surface area contributed by atoms with E-state index in [4.69, 9.17) is 5.84 Å². The fourth-order valence-corrected chi connectivity index (χ4v) is 1.67. The molecule has 1 aromatic carbocycles. The Morgan fingerprint density at radius 3 is 2.24 bits per heavy atom. The van der Waals surface area contributed by atoms with Gasteiger partial charge in [-0.2, -0.15) is 0 Å². The Kier molecular flexibility index (Phi) is 5.49. The van der Waals surface area contributed by atoms with E-state index in [1.54, 1.807) is 11.9 Å². The number of hydrogen-bond donors (Lipinski definition) is 2. The molecule has 0 spiro atoms. The van der Waals surface area contributed by atoms with Gasteiger partial charge in [0.05, 0.1) is 0 Å². The van der Waals surface area contributed by atoms with Crippen LogP contribution < -0.4 is 11.3 Å². The second-order valence-electron chi connectivity index (χ2n) is 4.19. The maximum absolute atomic E-state index is 11.2. The Balaban J connectivity index is 2.44. The summed E-state index contributed by atoms with van der Waals surface area (Å²) in [5.41, 5.74) is 4.72. The van der Waals surface area contributed by atoms with Crippen molar-refractivity contribution >= 4 is 6.03 Å². The Labute approximate surface area is 103 Å². The van der Waals surface area contributed by atoms with E-state index in [1.165, 1.54) is 17.5 Å². The van der Waals surface area contributed by atoms with Gasteiger partial charge in [-0.1, -0.05) is 37.6 Å². The highest BCUT2D eigenvalue weighted by Gasteiger charge is 2.05. The van der Waals surface area contributed by atoms with Crippen LogP contribution in [-0.4, -0.2) is 24.5 Å². The fraction of sp³-hybridized carbons (Fsp3) is 0.462. The number of aryl methyl sites for hydroxylation is 1. The van der Waals surface area contributed by atoms with E-state index < -0.39 is 0 Å². The molecule has 0 aliphatic heterocycles. The highest BCUT2D eigenvalue weighted by Crippen LogP contribution is 2.07. The first kappa shape index (κ1) is 13.5. The molecule has 0 bridgehead atoms. The first-order valence-corrected chi connectivity index (χ1v) is 5.97. The number of carbonyl (C=O) groups excluding carboxylic acids is 1. The standard InChI is InChI=1S/C13H21N3O/c1-3-4-11-5-7-12(8-6-11)9-10-16(2)13(17)15-14/h5-8H,3-4,9-10,14H2,1-2H3,(H,15,17). The average molecular weight is 235 g/mol. The molecule has 0 aliphatic rings. The van der Waals surface area contributed by atoms with Crippen molar-refractivity contribution in [1.29, 1.82) is 0 Å². The molecule has 4 nitrogen and oxygen atoms in total. The Morgan fingerprint density at radius 1 is 1.24 bits per heavy atom. The summed E-state index contributed by atoms with van der Waals surface area (Å²) in [4.78, 5) is 12.7. The number of nitrogens with two attached hydrogens (primary N) is 1. The summed E-state index contributed by atoms with van der Waals surface area (Å²) in [6.45, 7) is 2.84. The fourth-order valence-electron chi connectivity index (χ4n) is 1.67. The lowest BCUT2D eigenvalue weighted by Gasteiger charge is -2.16. The van der Waals surface area contributed by atoms with Gasteiger partial charge in [-0.15, -0.1) is 0 Å². The maximum atomic E-state index is 11.2. The van der Waals surface area contributed by atoms with E-state index in [2.05, 4.69) is 36.6 Å². The average Bonchev–Trinajstić information content (AvgIpc) is 2.37. The molecule has 17 heavy (non-hydrogen) atoms. The zero-order valence-corrected chi connectivity index (χ0v) is 10.6. The van der Waals surface area contributed by atoms with Gasteiger partial charge in [0.2, 0.25) is 0 Å². The minimum absolute atomic E-state index is 0.257. The van der Waals surface area contributed by atoms with Gasteiger partial charge in [-0.25, -0.2) is 10.6 Å². The maximum Gasteiger partial charge on any atom is 0.331 e. The van der Waals surface area contributed by atoms with Crippen LogP contribution in [0.15, 0.2) is 24.3 Å². The van der Waals surface area contributed by atoms with Gasteiger partial charge in [0.25, 0.3) is 0 Å². The van der Waals surface area contributed by atoms with E-state index in [0.717, 1.165) is 12.8 Å². The molecule has 0 saturated carbocycles. The van der Waals surface area contributed by atoms with Crippen LogP contribution in [0.2, 0.25) is 0 Å². The number of hydrazine groups is 1. The number of rotatable bonds is 5. The highest BCUT2D eigenvalue weighted by atomic mass is 16.2. The number of likely N-dealkylation sites (N-methyl/N-ethyl adjacent to an activating group) is 1. The predicted molar refractivity (Wildman–Crippen MR) is 69.5 cm³/mol. The van der Waals surface area contributed by atoms with Crippen molar-refractivity contribution in [1.82, 2.24) is 10.3 Å². The van der Waals surface area contributed by atoms with Crippen molar-refractivity contribution in [3.63, 3.8) is 0 Å². The minimum Gasteiger partial charge on any atom is -0.326 e. The van der Waals surface area contributed by atoms with Crippen LogP contribution >= 0.6 is 0 Å². The molecule has 4 heteroatoms. The summed E-state index contributed by atoms with van der Waals surface area (Å²) in [6.07, 6.45) is 3.13. The predicted octanol–water partition coefficient (Wildman–Crippen LogP) is 1.70. The van der Waals surface area contributed by atoms with Crippen LogP contribution in [0.4, 0.5) is 4.79 Å². The van der Waals surface area contributed by atoms with Crippen LogP contribution in [0.5, 0.6) is 0 Å². The van der Waals surface area contributed by atoms with Gasteiger partial charge in [-0.3, -0.25) is 5.43 Å². The molecule has 2 amide bonds. The van der Waals surface area contributed by atoms with Crippen molar-refractivity contribution in [3.05, 3.63) is 35.4 Å². The lowest BCUT2D eigenvalue weighted by atomic mass is 10.1. The number of nitrogens with zero attached hydrogens (tertiary/aromatic N) is 1. The van der Waals surface area contributed by atoms with Gasteiger partial charge in [-0.05, 0) is 24.0 Å². The topological polar surface area (TPSA) is 58.4 Å². The van der Waals surface area contributed by atoms with E-state index in [-0.39, 0.29) is 6.03 Å². The van der Waals surface area contributed by atoms with Crippen molar-refractivity contribution in [2.45, 2.75) is 26.2 Å².